The van der Waals surface area contributed by atoms with Crippen LogP contribution in [-0.2, 0) is 0 Å². The van der Waals surface area contributed by atoms with Crippen molar-refractivity contribution in [3.63, 3.8) is 0 Å². The van der Waals surface area contributed by atoms with Gasteiger partial charge in [-0.05, 0) is 18.2 Å². The highest BCUT2D eigenvalue weighted by molar-refractivity contribution is 5.69. The number of hydrogen-bond acceptors (Lipinski definition) is 8. The van der Waals surface area contributed by atoms with Crippen LogP contribution in [0.15, 0.2) is 28.8 Å². The van der Waals surface area contributed by atoms with E-state index in [1.807, 2.05) is 0 Å². The molecule has 9 nitrogen and oxygen atoms in total. The standard InChI is InChI=1S/C14H7F2N3O6/c15-7-2-1-6(10(16)11(7)21)13-17-14(25-18-13)5-3-8(19(23)24)12(22)9(20)4-5/h1-4,20-22H. The molecular weight excluding hydrogens is 344 g/mol. The molecule has 0 atom stereocenters. The zero-order valence-electron chi connectivity index (χ0n) is 12.0. The van der Waals surface area contributed by atoms with Gasteiger partial charge >= 0.3 is 5.69 Å². The van der Waals surface area contributed by atoms with E-state index in [0.717, 1.165) is 24.3 Å². The van der Waals surface area contributed by atoms with E-state index in [0.29, 0.717) is 0 Å². The summed E-state index contributed by atoms with van der Waals surface area (Å²) in [5.74, 6) is -6.15. The summed E-state index contributed by atoms with van der Waals surface area (Å²) in [5, 5.41) is 42.6. The molecule has 0 saturated heterocycles. The first-order chi connectivity index (χ1) is 11.8. The molecule has 0 aliphatic carbocycles. The lowest BCUT2D eigenvalue weighted by atomic mass is 10.1. The second kappa shape index (κ2) is 5.70. The van der Waals surface area contributed by atoms with E-state index in [1.54, 1.807) is 0 Å². The van der Waals surface area contributed by atoms with Crippen molar-refractivity contribution in [1.82, 2.24) is 10.1 Å². The number of aromatic hydroxyl groups is 3. The minimum Gasteiger partial charge on any atom is -0.504 e. The molecule has 0 bridgehead atoms. The van der Waals surface area contributed by atoms with Gasteiger partial charge in [0.05, 0.1) is 16.1 Å². The van der Waals surface area contributed by atoms with Crippen molar-refractivity contribution in [3.05, 3.63) is 46.0 Å². The van der Waals surface area contributed by atoms with Gasteiger partial charge in [-0.25, -0.2) is 8.78 Å². The fourth-order valence-corrected chi connectivity index (χ4v) is 2.03. The van der Waals surface area contributed by atoms with Crippen LogP contribution in [0.25, 0.3) is 22.8 Å². The topological polar surface area (TPSA) is 143 Å². The Morgan fingerprint density at radius 3 is 2.52 bits per heavy atom. The number of phenols is 3. The molecule has 0 radical (unpaired) electrons. The van der Waals surface area contributed by atoms with Gasteiger partial charge in [0.25, 0.3) is 5.89 Å². The van der Waals surface area contributed by atoms with Crippen molar-refractivity contribution in [2.24, 2.45) is 0 Å². The van der Waals surface area contributed by atoms with Crippen molar-refractivity contribution in [2.45, 2.75) is 0 Å². The van der Waals surface area contributed by atoms with Gasteiger partial charge < -0.3 is 19.8 Å². The van der Waals surface area contributed by atoms with Crippen molar-refractivity contribution in [2.75, 3.05) is 0 Å². The third-order valence-corrected chi connectivity index (χ3v) is 3.25. The maximum Gasteiger partial charge on any atom is 0.315 e. The van der Waals surface area contributed by atoms with Crippen LogP contribution < -0.4 is 0 Å². The van der Waals surface area contributed by atoms with Crippen LogP contribution in [0.3, 0.4) is 0 Å². The lowest BCUT2D eigenvalue weighted by molar-refractivity contribution is -0.385. The Bertz CT molecular complexity index is 1000. The molecule has 0 unspecified atom stereocenters. The van der Waals surface area contributed by atoms with E-state index in [4.69, 9.17) is 4.52 Å². The van der Waals surface area contributed by atoms with Crippen LogP contribution in [0, 0.1) is 21.7 Å². The van der Waals surface area contributed by atoms with Crippen LogP contribution >= 0.6 is 0 Å². The van der Waals surface area contributed by atoms with E-state index in [1.165, 1.54) is 0 Å². The van der Waals surface area contributed by atoms with E-state index >= 15 is 0 Å². The first kappa shape index (κ1) is 16.1. The van der Waals surface area contributed by atoms with Gasteiger partial charge in [-0.3, -0.25) is 10.1 Å². The summed E-state index contributed by atoms with van der Waals surface area (Å²) in [5.41, 5.74) is -1.29. The molecule has 0 amide bonds. The van der Waals surface area contributed by atoms with Gasteiger partial charge in [-0.15, -0.1) is 0 Å². The number of rotatable bonds is 3. The summed E-state index contributed by atoms with van der Waals surface area (Å²) in [6.45, 7) is 0. The highest BCUT2D eigenvalue weighted by atomic mass is 19.1. The molecule has 0 fully saturated rings. The number of nitro benzene ring substituents is 1. The number of hydrogen-bond donors (Lipinski definition) is 3. The van der Waals surface area contributed by atoms with Crippen LogP contribution in [0.2, 0.25) is 0 Å². The normalized spacial score (nSPS) is 10.8. The number of phenolic OH excluding ortho intramolecular Hbond substituents is 3. The van der Waals surface area contributed by atoms with E-state index in [-0.39, 0.29) is 22.8 Å². The Morgan fingerprint density at radius 2 is 1.84 bits per heavy atom. The molecule has 3 N–H and O–H groups in total. The molecule has 1 heterocycles. The summed E-state index contributed by atoms with van der Waals surface area (Å²) in [6.07, 6.45) is 0. The number of aromatic nitrogens is 2. The highest BCUT2D eigenvalue weighted by Gasteiger charge is 2.23. The Kier molecular flexibility index (Phi) is 3.68. The SMILES string of the molecule is O=[N+]([O-])c1cc(-c2nc(-c3ccc(F)c(O)c3F)no2)cc(O)c1O. The summed E-state index contributed by atoms with van der Waals surface area (Å²) >= 11 is 0. The smallest absolute Gasteiger partial charge is 0.315 e. The molecule has 2 aromatic carbocycles. The molecular formula is C14H7F2N3O6. The van der Waals surface area contributed by atoms with Gasteiger partial charge in [0.1, 0.15) is 0 Å². The average molecular weight is 351 g/mol. The van der Waals surface area contributed by atoms with E-state index in [2.05, 4.69) is 10.1 Å². The first-order valence-electron chi connectivity index (χ1n) is 6.51. The Balaban J connectivity index is 2.09. The van der Waals surface area contributed by atoms with Gasteiger partial charge in [-0.2, -0.15) is 4.98 Å². The zero-order valence-corrected chi connectivity index (χ0v) is 12.0. The fraction of sp³-hybridized carbons (Fsp3) is 0. The highest BCUT2D eigenvalue weighted by Crippen LogP contribution is 2.39. The molecule has 1 aromatic heterocycles. The number of halogens is 2. The number of nitrogens with zero attached hydrogens (tertiary/aromatic N) is 3. The number of benzene rings is 2. The van der Waals surface area contributed by atoms with Gasteiger partial charge in [0.2, 0.25) is 11.6 Å². The Morgan fingerprint density at radius 1 is 1.12 bits per heavy atom. The fourth-order valence-electron chi connectivity index (χ4n) is 2.03. The summed E-state index contributed by atoms with van der Waals surface area (Å²) in [6, 6.07) is 3.56. The third kappa shape index (κ3) is 2.67. The van der Waals surface area contributed by atoms with Crippen LogP contribution in [0.5, 0.6) is 17.2 Å². The lowest BCUT2D eigenvalue weighted by Gasteiger charge is -2.01. The number of nitro groups is 1. The van der Waals surface area contributed by atoms with E-state index in [9.17, 15) is 34.2 Å². The monoisotopic (exact) mass is 351 g/mol. The zero-order chi connectivity index (χ0) is 18.3. The molecule has 0 spiro atoms. The van der Waals surface area contributed by atoms with Crippen molar-refractivity contribution in [1.29, 1.82) is 0 Å². The summed E-state index contributed by atoms with van der Waals surface area (Å²) < 4.78 is 31.8. The predicted molar refractivity (Wildman–Crippen MR) is 76.7 cm³/mol. The lowest BCUT2D eigenvalue weighted by Crippen LogP contribution is -1.91. The molecule has 0 saturated carbocycles. The summed E-state index contributed by atoms with van der Waals surface area (Å²) in [4.78, 5) is 13.7. The Labute approximate surface area is 136 Å². The Hall–Kier alpha value is -3.76. The van der Waals surface area contributed by atoms with Crippen LogP contribution in [-0.4, -0.2) is 30.4 Å². The van der Waals surface area contributed by atoms with E-state index < -0.39 is 39.5 Å². The minimum atomic E-state index is -1.31. The average Bonchev–Trinajstić information content (AvgIpc) is 3.04. The van der Waals surface area contributed by atoms with Gasteiger partial charge in [0.15, 0.2) is 23.1 Å². The van der Waals surface area contributed by atoms with Crippen molar-refractivity contribution < 1.29 is 33.5 Å². The van der Waals surface area contributed by atoms with Gasteiger partial charge in [0, 0.05) is 6.07 Å². The minimum absolute atomic E-state index is 0.118. The molecule has 11 heteroatoms. The van der Waals surface area contributed by atoms with Crippen molar-refractivity contribution in [3.8, 4) is 40.1 Å². The molecule has 25 heavy (non-hydrogen) atoms. The van der Waals surface area contributed by atoms with Gasteiger partial charge in [-0.1, -0.05) is 5.16 Å². The maximum absolute atomic E-state index is 13.9. The van der Waals surface area contributed by atoms with Crippen LogP contribution in [0.1, 0.15) is 0 Å². The summed E-state index contributed by atoms with van der Waals surface area (Å²) in [7, 11) is 0. The first-order valence-corrected chi connectivity index (χ1v) is 6.51. The molecule has 0 aliphatic heterocycles. The molecule has 3 aromatic rings. The second-order valence-electron chi connectivity index (χ2n) is 4.80. The largest absolute Gasteiger partial charge is 0.504 e. The predicted octanol–water partition coefficient (Wildman–Crippen LogP) is 2.71. The second-order valence-corrected chi connectivity index (χ2v) is 4.80. The molecule has 128 valence electrons. The quantitative estimate of drug-likeness (QED) is 0.371. The maximum atomic E-state index is 13.9. The molecule has 0 aliphatic rings. The van der Waals surface area contributed by atoms with Crippen molar-refractivity contribution >= 4 is 5.69 Å². The van der Waals surface area contributed by atoms with Crippen LogP contribution in [0.4, 0.5) is 14.5 Å². The third-order valence-electron chi connectivity index (χ3n) is 3.25. The molecule has 3 rings (SSSR count).